The summed E-state index contributed by atoms with van der Waals surface area (Å²) >= 11 is 0. The number of hydrogen-bond donors (Lipinski definition) is 2. The van der Waals surface area contributed by atoms with Gasteiger partial charge in [0.15, 0.2) is 6.61 Å². The maximum Gasteiger partial charge on any atom is 0.260 e. The molecule has 144 valence electrons. The van der Waals surface area contributed by atoms with Gasteiger partial charge in [0.05, 0.1) is 25.4 Å². The number of hydrogen-bond acceptors (Lipinski definition) is 5. The number of ether oxygens (including phenoxy) is 2. The number of carbonyl (C=O) groups excluding carboxylic acids is 2. The van der Waals surface area contributed by atoms with Crippen LogP contribution >= 0.6 is 12.4 Å². The van der Waals surface area contributed by atoms with E-state index in [9.17, 15) is 9.59 Å². The van der Waals surface area contributed by atoms with Crippen molar-refractivity contribution in [3.05, 3.63) is 24.3 Å². The van der Waals surface area contributed by atoms with Gasteiger partial charge in [-0.1, -0.05) is 12.1 Å². The average Bonchev–Trinajstić information content (AvgIpc) is 3.46. The normalized spacial score (nSPS) is 16.5. The van der Waals surface area contributed by atoms with Crippen LogP contribution in [0.2, 0.25) is 0 Å². The standard InChI is InChI=1S/C18H25N3O4.ClH/c22-17(12-19-11-14-5-6-14)20-15-3-1-2-4-16(15)25-13-18(23)21-7-9-24-10-8-21;/h1-4,14,19H,5-13H2,(H,20,22);1H. The largest absolute Gasteiger partial charge is 0.482 e. The second kappa shape index (κ2) is 10.4. The van der Waals surface area contributed by atoms with E-state index in [0.717, 1.165) is 12.5 Å². The molecule has 2 N–H and O–H groups in total. The third kappa shape index (κ3) is 6.48. The van der Waals surface area contributed by atoms with Crippen molar-refractivity contribution in [2.75, 3.05) is 51.3 Å². The van der Waals surface area contributed by atoms with E-state index in [1.807, 2.05) is 12.1 Å². The SMILES string of the molecule is Cl.O=C(CNCC1CC1)Nc1ccccc1OCC(=O)N1CCOCC1. The monoisotopic (exact) mass is 383 g/mol. The van der Waals surface area contributed by atoms with Crippen LogP contribution in [0.1, 0.15) is 12.8 Å². The number of amides is 2. The Bertz CT molecular complexity index is 604. The Balaban J connectivity index is 0.00000243. The molecule has 1 saturated carbocycles. The molecule has 0 radical (unpaired) electrons. The Hall–Kier alpha value is -1.83. The van der Waals surface area contributed by atoms with E-state index in [-0.39, 0.29) is 37.4 Å². The second-order valence-corrected chi connectivity index (χ2v) is 6.40. The zero-order valence-electron chi connectivity index (χ0n) is 14.7. The first-order chi connectivity index (χ1) is 12.2. The minimum absolute atomic E-state index is 0. The number of carbonyl (C=O) groups is 2. The zero-order valence-corrected chi connectivity index (χ0v) is 15.6. The Kier molecular flexibility index (Phi) is 8.15. The van der Waals surface area contributed by atoms with Crippen molar-refractivity contribution in [2.45, 2.75) is 12.8 Å². The molecule has 0 unspecified atom stereocenters. The predicted molar refractivity (Wildman–Crippen MR) is 101 cm³/mol. The van der Waals surface area contributed by atoms with Gasteiger partial charge in [0, 0.05) is 13.1 Å². The van der Waals surface area contributed by atoms with Crippen LogP contribution in [0.25, 0.3) is 0 Å². The highest BCUT2D eigenvalue weighted by atomic mass is 35.5. The molecule has 1 aromatic rings. The number of morpholine rings is 1. The third-order valence-electron chi connectivity index (χ3n) is 4.29. The average molecular weight is 384 g/mol. The number of halogens is 1. The molecule has 2 fully saturated rings. The minimum atomic E-state index is -0.115. The van der Waals surface area contributed by atoms with E-state index in [0.29, 0.717) is 37.7 Å². The van der Waals surface area contributed by atoms with Gasteiger partial charge in [-0.3, -0.25) is 9.59 Å². The van der Waals surface area contributed by atoms with Crippen molar-refractivity contribution in [2.24, 2.45) is 5.92 Å². The van der Waals surface area contributed by atoms with Crippen LogP contribution < -0.4 is 15.4 Å². The highest BCUT2D eigenvalue weighted by Gasteiger charge is 2.21. The van der Waals surface area contributed by atoms with Crippen LogP contribution in [-0.2, 0) is 14.3 Å². The lowest BCUT2D eigenvalue weighted by Gasteiger charge is -2.26. The first-order valence-corrected chi connectivity index (χ1v) is 8.80. The first kappa shape index (κ1) is 20.5. The molecule has 1 aliphatic carbocycles. The van der Waals surface area contributed by atoms with Gasteiger partial charge in [-0.15, -0.1) is 12.4 Å². The van der Waals surface area contributed by atoms with Gasteiger partial charge in [-0.05, 0) is 37.4 Å². The molecule has 7 nitrogen and oxygen atoms in total. The van der Waals surface area contributed by atoms with Crippen molar-refractivity contribution < 1.29 is 19.1 Å². The summed E-state index contributed by atoms with van der Waals surface area (Å²) in [5, 5.41) is 5.99. The fraction of sp³-hybridized carbons (Fsp3) is 0.556. The van der Waals surface area contributed by atoms with E-state index in [1.54, 1.807) is 17.0 Å². The Morgan fingerprint density at radius 3 is 2.65 bits per heavy atom. The summed E-state index contributed by atoms with van der Waals surface area (Å²) in [6, 6.07) is 7.16. The van der Waals surface area contributed by atoms with E-state index in [4.69, 9.17) is 9.47 Å². The molecule has 0 atom stereocenters. The van der Waals surface area contributed by atoms with Crippen LogP contribution in [-0.4, -0.2) is 62.7 Å². The molecule has 8 heteroatoms. The van der Waals surface area contributed by atoms with Crippen LogP contribution in [0.15, 0.2) is 24.3 Å². The number of benzene rings is 1. The van der Waals surface area contributed by atoms with Crippen LogP contribution in [0.3, 0.4) is 0 Å². The number of rotatable bonds is 8. The van der Waals surface area contributed by atoms with Crippen molar-refractivity contribution in [3.63, 3.8) is 0 Å². The van der Waals surface area contributed by atoms with E-state index < -0.39 is 0 Å². The number of para-hydroxylation sites is 2. The molecule has 2 amide bonds. The summed E-state index contributed by atoms with van der Waals surface area (Å²) in [5.74, 6) is 1.04. The first-order valence-electron chi connectivity index (χ1n) is 8.80. The maximum atomic E-state index is 12.2. The third-order valence-corrected chi connectivity index (χ3v) is 4.29. The van der Waals surface area contributed by atoms with Crippen molar-refractivity contribution in [3.8, 4) is 5.75 Å². The molecule has 2 aliphatic rings. The second-order valence-electron chi connectivity index (χ2n) is 6.40. The number of anilines is 1. The summed E-state index contributed by atoms with van der Waals surface area (Å²) in [7, 11) is 0. The molecule has 26 heavy (non-hydrogen) atoms. The lowest BCUT2D eigenvalue weighted by molar-refractivity contribution is -0.137. The lowest BCUT2D eigenvalue weighted by Crippen LogP contribution is -2.43. The van der Waals surface area contributed by atoms with E-state index >= 15 is 0 Å². The molecule has 1 heterocycles. The number of nitrogens with one attached hydrogen (secondary N) is 2. The summed E-state index contributed by atoms with van der Waals surface area (Å²) in [5.41, 5.74) is 0.579. The maximum absolute atomic E-state index is 12.2. The fourth-order valence-electron chi connectivity index (χ4n) is 2.65. The van der Waals surface area contributed by atoms with Crippen LogP contribution in [0.4, 0.5) is 5.69 Å². The molecule has 3 rings (SSSR count). The van der Waals surface area contributed by atoms with Gasteiger partial charge in [0.2, 0.25) is 5.91 Å². The van der Waals surface area contributed by atoms with Gasteiger partial charge in [0.1, 0.15) is 5.75 Å². The van der Waals surface area contributed by atoms with Crippen molar-refractivity contribution in [1.29, 1.82) is 0 Å². The molecular weight excluding hydrogens is 358 g/mol. The minimum Gasteiger partial charge on any atom is -0.482 e. The fourth-order valence-corrected chi connectivity index (χ4v) is 2.65. The van der Waals surface area contributed by atoms with Crippen LogP contribution in [0.5, 0.6) is 5.75 Å². The van der Waals surface area contributed by atoms with Gasteiger partial charge in [0.25, 0.3) is 5.91 Å². The van der Waals surface area contributed by atoms with Gasteiger partial charge >= 0.3 is 0 Å². The van der Waals surface area contributed by atoms with Crippen molar-refractivity contribution in [1.82, 2.24) is 10.2 Å². The highest BCUT2D eigenvalue weighted by molar-refractivity contribution is 5.93. The Labute approximate surface area is 159 Å². The molecular formula is C18H26ClN3O4. The molecule has 0 bridgehead atoms. The topological polar surface area (TPSA) is 79.9 Å². The predicted octanol–water partition coefficient (Wildman–Crippen LogP) is 1.28. The van der Waals surface area contributed by atoms with Gasteiger partial charge in [-0.25, -0.2) is 0 Å². The molecule has 1 saturated heterocycles. The van der Waals surface area contributed by atoms with Gasteiger partial charge in [-0.2, -0.15) is 0 Å². The summed E-state index contributed by atoms with van der Waals surface area (Å²) in [6.45, 7) is 3.42. The smallest absolute Gasteiger partial charge is 0.260 e. The Morgan fingerprint density at radius 1 is 1.19 bits per heavy atom. The highest BCUT2D eigenvalue weighted by Crippen LogP contribution is 2.27. The molecule has 0 aromatic heterocycles. The zero-order chi connectivity index (χ0) is 17.5. The van der Waals surface area contributed by atoms with E-state index in [1.165, 1.54) is 12.8 Å². The Morgan fingerprint density at radius 2 is 1.92 bits per heavy atom. The lowest BCUT2D eigenvalue weighted by atomic mass is 10.3. The molecule has 1 aromatic carbocycles. The van der Waals surface area contributed by atoms with E-state index in [2.05, 4.69) is 10.6 Å². The quantitative estimate of drug-likeness (QED) is 0.707. The van der Waals surface area contributed by atoms with Crippen LogP contribution in [0, 0.1) is 5.92 Å². The van der Waals surface area contributed by atoms with Gasteiger partial charge < -0.3 is 25.0 Å². The molecule has 1 aliphatic heterocycles. The molecule has 0 spiro atoms. The van der Waals surface area contributed by atoms with Crippen molar-refractivity contribution >= 4 is 29.9 Å². The summed E-state index contributed by atoms with van der Waals surface area (Å²) in [6.07, 6.45) is 2.50. The summed E-state index contributed by atoms with van der Waals surface area (Å²) in [4.78, 5) is 25.9. The summed E-state index contributed by atoms with van der Waals surface area (Å²) < 4.78 is 10.9. The number of nitrogens with zero attached hydrogens (tertiary/aromatic N) is 1.